The molecule has 7 nitrogen and oxygen atoms in total. The van der Waals surface area contributed by atoms with Crippen LogP contribution in [0.2, 0.25) is 0 Å². The normalized spacial score (nSPS) is 14.8. The standard InChI is InChI=1S/C19H27N3O4/c1-3-4-13-26-19(25)16-5-7-17(8-6-16)20-18(24)14-21-9-11-22(12-10-21)15(2)23/h5-8H,3-4,9-14H2,1-2H3,(H,20,24)/p+1. The lowest BCUT2D eigenvalue weighted by molar-refractivity contribution is -0.895. The zero-order valence-electron chi connectivity index (χ0n) is 15.5. The number of quaternary nitrogens is 1. The number of amides is 2. The summed E-state index contributed by atoms with van der Waals surface area (Å²) in [4.78, 5) is 38.3. The molecule has 1 aliphatic rings. The summed E-state index contributed by atoms with van der Waals surface area (Å²) in [6.45, 7) is 7.32. The van der Waals surface area contributed by atoms with E-state index in [9.17, 15) is 14.4 Å². The number of hydrogen-bond donors (Lipinski definition) is 2. The molecule has 0 aliphatic carbocycles. The van der Waals surface area contributed by atoms with Crippen LogP contribution in [0.4, 0.5) is 5.69 Å². The lowest BCUT2D eigenvalue weighted by atomic mass is 10.2. The Hall–Kier alpha value is -2.41. The summed E-state index contributed by atoms with van der Waals surface area (Å²) in [6, 6.07) is 6.72. The first-order chi connectivity index (χ1) is 12.5. The van der Waals surface area contributed by atoms with Gasteiger partial charge in [0, 0.05) is 12.6 Å². The molecule has 0 atom stereocenters. The number of piperazine rings is 1. The summed E-state index contributed by atoms with van der Waals surface area (Å²) in [5.74, 6) is -0.333. The molecule has 26 heavy (non-hydrogen) atoms. The van der Waals surface area contributed by atoms with E-state index in [0.717, 1.165) is 30.8 Å². The zero-order chi connectivity index (χ0) is 18.9. The Morgan fingerprint density at radius 3 is 2.38 bits per heavy atom. The molecule has 2 amide bonds. The molecule has 1 aromatic carbocycles. The van der Waals surface area contributed by atoms with Gasteiger partial charge in [-0.05, 0) is 30.7 Å². The van der Waals surface area contributed by atoms with Crippen LogP contribution >= 0.6 is 0 Å². The largest absolute Gasteiger partial charge is 0.462 e. The smallest absolute Gasteiger partial charge is 0.338 e. The first-order valence-electron chi connectivity index (χ1n) is 9.15. The van der Waals surface area contributed by atoms with Gasteiger partial charge in [-0.25, -0.2) is 4.79 Å². The first kappa shape index (κ1) is 19.9. The number of carbonyl (C=O) groups excluding carboxylic acids is 3. The van der Waals surface area contributed by atoms with Crippen LogP contribution in [0.1, 0.15) is 37.0 Å². The van der Waals surface area contributed by atoms with Gasteiger partial charge in [-0.15, -0.1) is 0 Å². The van der Waals surface area contributed by atoms with Gasteiger partial charge in [-0.3, -0.25) is 9.59 Å². The van der Waals surface area contributed by atoms with Crippen molar-refractivity contribution in [1.29, 1.82) is 0 Å². The molecule has 142 valence electrons. The van der Waals surface area contributed by atoms with Crippen molar-refractivity contribution in [1.82, 2.24) is 4.90 Å². The van der Waals surface area contributed by atoms with E-state index in [2.05, 4.69) is 5.32 Å². The summed E-state index contributed by atoms with van der Waals surface area (Å²) in [7, 11) is 0. The van der Waals surface area contributed by atoms with Crippen molar-refractivity contribution in [3.05, 3.63) is 29.8 Å². The number of hydrogen-bond acceptors (Lipinski definition) is 4. The topological polar surface area (TPSA) is 80.2 Å². The number of rotatable bonds is 7. The number of carbonyl (C=O) groups is 3. The maximum Gasteiger partial charge on any atom is 0.338 e. The number of benzene rings is 1. The highest BCUT2D eigenvalue weighted by atomic mass is 16.5. The SMILES string of the molecule is CCCCOC(=O)c1ccc(NC(=O)C[NH+]2CCN(C(C)=O)CC2)cc1. The Balaban J connectivity index is 1.77. The number of unbranched alkanes of at least 4 members (excludes halogenated alkanes) is 1. The number of nitrogens with zero attached hydrogens (tertiary/aromatic N) is 1. The van der Waals surface area contributed by atoms with E-state index in [1.165, 1.54) is 0 Å². The van der Waals surface area contributed by atoms with E-state index in [0.29, 0.717) is 37.5 Å². The molecule has 1 aromatic rings. The molecule has 0 unspecified atom stereocenters. The average molecular weight is 362 g/mol. The molecule has 0 spiro atoms. The second kappa shape index (κ2) is 9.91. The summed E-state index contributed by atoms with van der Waals surface area (Å²) in [5, 5.41) is 2.85. The predicted molar refractivity (Wildman–Crippen MR) is 98.1 cm³/mol. The van der Waals surface area contributed by atoms with Crippen LogP contribution in [0.25, 0.3) is 0 Å². The third-order valence-corrected chi connectivity index (χ3v) is 4.46. The van der Waals surface area contributed by atoms with Crippen LogP contribution in [0.15, 0.2) is 24.3 Å². The maximum absolute atomic E-state index is 12.2. The molecule has 2 N–H and O–H groups in total. The lowest BCUT2D eigenvalue weighted by Gasteiger charge is -2.31. The van der Waals surface area contributed by atoms with Gasteiger partial charge in [-0.1, -0.05) is 13.3 Å². The van der Waals surface area contributed by atoms with Crippen molar-refractivity contribution in [2.75, 3.05) is 44.6 Å². The monoisotopic (exact) mass is 362 g/mol. The van der Waals surface area contributed by atoms with Gasteiger partial charge in [0.25, 0.3) is 5.91 Å². The van der Waals surface area contributed by atoms with E-state index in [1.807, 2.05) is 6.92 Å². The van der Waals surface area contributed by atoms with Gasteiger partial charge in [0.05, 0.1) is 38.3 Å². The van der Waals surface area contributed by atoms with Crippen molar-refractivity contribution in [2.24, 2.45) is 0 Å². The summed E-state index contributed by atoms with van der Waals surface area (Å²) in [6.07, 6.45) is 1.83. The van der Waals surface area contributed by atoms with E-state index in [1.54, 1.807) is 36.1 Å². The summed E-state index contributed by atoms with van der Waals surface area (Å²) >= 11 is 0. The van der Waals surface area contributed by atoms with Crippen molar-refractivity contribution >= 4 is 23.5 Å². The van der Waals surface area contributed by atoms with Gasteiger partial charge in [0.1, 0.15) is 0 Å². The Morgan fingerprint density at radius 2 is 1.81 bits per heavy atom. The summed E-state index contributed by atoms with van der Waals surface area (Å²) < 4.78 is 5.16. The van der Waals surface area contributed by atoms with Crippen molar-refractivity contribution in [3.63, 3.8) is 0 Å². The second-order valence-electron chi connectivity index (χ2n) is 6.55. The lowest BCUT2D eigenvalue weighted by Crippen LogP contribution is -3.15. The number of nitrogens with one attached hydrogen (secondary N) is 2. The van der Waals surface area contributed by atoms with E-state index >= 15 is 0 Å². The minimum atomic E-state index is -0.343. The highest BCUT2D eigenvalue weighted by molar-refractivity contribution is 5.93. The highest BCUT2D eigenvalue weighted by Crippen LogP contribution is 2.10. The third kappa shape index (κ3) is 6.15. The Labute approximate surface area is 154 Å². The van der Waals surface area contributed by atoms with Crippen LogP contribution in [0.5, 0.6) is 0 Å². The van der Waals surface area contributed by atoms with Crippen LogP contribution in [-0.2, 0) is 14.3 Å². The van der Waals surface area contributed by atoms with Gasteiger partial charge < -0.3 is 19.9 Å². The Morgan fingerprint density at radius 1 is 1.15 bits per heavy atom. The van der Waals surface area contributed by atoms with Crippen molar-refractivity contribution < 1.29 is 24.0 Å². The Kier molecular flexibility index (Phi) is 7.59. The van der Waals surface area contributed by atoms with Crippen LogP contribution < -0.4 is 10.2 Å². The Bertz CT molecular complexity index is 622. The van der Waals surface area contributed by atoms with E-state index in [4.69, 9.17) is 4.74 Å². The van der Waals surface area contributed by atoms with Crippen molar-refractivity contribution in [2.45, 2.75) is 26.7 Å². The fourth-order valence-corrected chi connectivity index (χ4v) is 2.83. The molecular formula is C19H28N3O4+. The number of ether oxygens (including phenoxy) is 1. The molecule has 7 heteroatoms. The van der Waals surface area contributed by atoms with Gasteiger partial charge in [0.15, 0.2) is 6.54 Å². The molecule has 1 fully saturated rings. The van der Waals surface area contributed by atoms with Gasteiger partial charge in [0.2, 0.25) is 5.91 Å². The van der Waals surface area contributed by atoms with E-state index < -0.39 is 0 Å². The molecular weight excluding hydrogens is 334 g/mol. The second-order valence-corrected chi connectivity index (χ2v) is 6.55. The molecule has 0 saturated carbocycles. The minimum absolute atomic E-state index is 0.0745. The third-order valence-electron chi connectivity index (χ3n) is 4.46. The molecule has 0 bridgehead atoms. The highest BCUT2D eigenvalue weighted by Gasteiger charge is 2.23. The zero-order valence-corrected chi connectivity index (χ0v) is 15.5. The molecule has 1 heterocycles. The quantitative estimate of drug-likeness (QED) is 0.541. The maximum atomic E-state index is 12.2. The number of esters is 1. The fourth-order valence-electron chi connectivity index (χ4n) is 2.83. The minimum Gasteiger partial charge on any atom is -0.462 e. The van der Waals surface area contributed by atoms with E-state index in [-0.39, 0.29) is 17.8 Å². The van der Waals surface area contributed by atoms with Crippen LogP contribution in [-0.4, -0.2) is 62.0 Å². The summed E-state index contributed by atoms with van der Waals surface area (Å²) in [5.41, 5.74) is 1.13. The molecule has 0 radical (unpaired) electrons. The van der Waals surface area contributed by atoms with Gasteiger partial charge >= 0.3 is 5.97 Å². The molecule has 2 rings (SSSR count). The van der Waals surface area contributed by atoms with Gasteiger partial charge in [-0.2, -0.15) is 0 Å². The predicted octanol–water partition coefficient (Wildman–Crippen LogP) is 0.329. The van der Waals surface area contributed by atoms with Crippen LogP contribution in [0, 0.1) is 0 Å². The van der Waals surface area contributed by atoms with Crippen molar-refractivity contribution in [3.8, 4) is 0 Å². The first-order valence-corrected chi connectivity index (χ1v) is 9.15. The average Bonchev–Trinajstić information content (AvgIpc) is 2.62. The molecule has 1 saturated heterocycles. The molecule has 1 aliphatic heterocycles. The fraction of sp³-hybridized carbons (Fsp3) is 0.526. The van der Waals surface area contributed by atoms with Crippen LogP contribution in [0.3, 0.4) is 0 Å². The molecule has 0 aromatic heterocycles. The number of anilines is 1.